The molecule has 1 heterocycles. The van der Waals surface area contributed by atoms with Gasteiger partial charge in [0.25, 0.3) is 0 Å². The van der Waals surface area contributed by atoms with Gasteiger partial charge in [-0.2, -0.15) is 0 Å². The van der Waals surface area contributed by atoms with E-state index in [9.17, 15) is 8.78 Å². The maximum Gasteiger partial charge on any atom is 0.161 e. The fourth-order valence-corrected chi connectivity index (χ4v) is 3.00. The summed E-state index contributed by atoms with van der Waals surface area (Å²) in [7, 11) is 0. The van der Waals surface area contributed by atoms with Gasteiger partial charge in [-0.25, -0.2) is 8.78 Å². The fraction of sp³-hybridized carbons (Fsp3) is 0.417. The van der Waals surface area contributed by atoms with Crippen LogP contribution in [0.4, 0.5) is 14.5 Å². The molecule has 1 aromatic carbocycles. The average molecular weight is 335 g/mol. The topological polar surface area (TPSA) is 24.4 Å². The highest BCUT2D eigenvalue weighted by Crippen LogP contribution is 2.30. The highest BCUT2D eigenvalue weighted by molar-refractivity contribution is 9.10. The molecule has 0 radical (unpaired) electrons. The molecule has 0 saturated heterocycles. The molecule has 2 rings (SSSR count). The van der Waals surface area contributed by atoms with E-state index in [4.69, 9.17) is 0 Å². The van der Waals surface area contributed by atoms with Crippen molar-refractivity contribution in [1.82, 2.24) is 0 Å². The van der Waals surface area contributed by atoms with Gasteiger partial charge in [0.05, 0.1) is 6.54 Å². The SMILES string of the molecule is CC(C)C1CN=C(Nc2c(F)cc(Br)cc2F)S1. The minimum absolute atomic E-state index is 0.145. The van der Waals surface area contributed by atoms with Crippen LogP contribution in [0.3, 0.4) is 0 Å². The van der Waals surface area contributed by atoms with E-state index in [2.05, 4.69) is 40.1 Å². The Balaban J connectivity index is 2.12. The first-order chi connectivity index (χ1) is 8.47. The molecule has 1 unspecified atom stereocenters. The zero-order chi connectivity index (χ0) is 13.3. The minimum Gasteiger partial charge on any atom is -0.330 e. The van der Waals surface area contributed by atoms with E-state index in [1.54, 1.807) is 0 Å². The number of hydrogen-bond acceptors (Lipinski definition) is 3. The van der Waals surface area contributed by atoms with Crippen molar-refractivity contribution in [2.45, 2.75) is 19.1 Å². The lowest BCUT2D eigenvalue weighted by Crippen LogP contribution is -2.14. The first-order valence-electron chi connectivity index (χ1n) is 5.60. The molecule has 1 aromatic rings. The summed E-state index contributed by atoms with van der Waals surface area (Å²) in [6.45, 7) is 4.90. The van der Waals surface area contributed by atoms with E-state index in [1.807, 2.05) is 0 Å². The lowest BCUT2D eigenvalue weighted by Gasteiger charge is -2.13. The maximum absolute atomic E-state index is 13.6. The van der Waals surface area contributed by atoms with E-state index >= 15 is 0 Å². The van der Waals surface area contributed by atoms with Gasteiger partial charge in [0.2, 0.25) is 0 Å². The number of thioether (sulfide) groups is 1. The zero-order valence-electron chi connectivity index (χ0n) is 10.0. The number of hydrogen-bond donors (Lipinski definition) is 1. The molecule has 2 nitrogen and oxygen atoms in total. The second-order valence-corrected chi connectivity index (χ2v) is 6.56. The van der Waals surface area contributed by atoms with Crippen molar-refractivity contribution in [2.75, 3.05) is 11.9 Å². The van der Waals surface area contributed by atoms with Gasteiger partial charge in [-0.1, -0.05) is 41.5 Å². The first-order valence-corrected chi connectivity index (χ1v) is 7.27. The molecule has 0 spiro atoms. The summed E-state index contributed by atoms with van der Waals surface area (Å²) in [6, 6.07) is 2.46. The van der Waals surface area contributed by atoms with Crippen molar-refractivity contribution in [2.24, 2.45) is 10.9 Å². The number of nitrogens with zero attached hydrogens (tertiary/aromatic N) is 1. The molecular weight excluding hydrogens is 322 g/mol. The Bertz CT molecular complexity index is 468. The van der Waals surface area contributed by atoms with Crippen LogP contribution in [0.1, 0.15) is 13.8 Å². The highest BCUT2D eigenvalue weighted by atomic mass is 79.9. The van der Waals surface area contributed by atoms with Gasteiger partial charge in [-0.15, -0.1) is 0 Å². The van der Waals surface area contributed by atoms with E-state index in [1.165, 1.54) is 23.9 Å². The maximum atomic E-state index is 13.6. The van der Waals surface area contributed by atoms with Gasteiger partial charge in [0.1, 0.15) is 5.69 Å². The van der Waals surface area contributed by atoms with Crippen LogP contribution < -0.4 is 5.32 Å². The summed E-state index contributed by atoms with van der Waals surface area (Å²) in [5, 5.41) is 3.68. The van der Waals surface area contributed by atoms with Crippen molar-refractivity contribution < 1.29 is 8.78 Å². The molecule has 0 fully saturated rings. The van der Waals surface area contributed by atoms with Crippen molar-refractivity contribution in [3.05, 3.63) is 28.2 Å². The Hall–Kier alpha value is -0.620. The van der Waals surface area contributed by atoms with Gasteiger partial charge >= 0.3 is 0 Å². The van der Waals surface area contributed by atoms with Crippen LogP contribution in [0, 0.1) is 17.6 Å². The van der Waals surface area contributed by atoms with Gasteiger partial charge in [0, 0.05) is 9.72 Å². The molecule has 0 bridgehead atoms. The summed E-state index contributed by atoms with van der Waals surface area (Å²) >= 11 is 4.57. The van der Waals surface area contributed by atoms with Crippen molar-refractivity contribution in [3.63, 3.8) is 0 Å². The van der Waals surface area contributed by atoms with E-state index in [0.717, 1.165) is 0 Å². The van der Waals surface area contributed by atoms with Crippen molar-refractivity contribution in [1.29, 1.82) is 0 Å². The molecule has 1 atom stereocenters. The standard InChI is InChI=1S/C12H13BrF2N2S/c1-6(2)10-5-16-12(18-10)17-11-8(14)3-7(13)4-9(11)15/h3-4,6,10H,5H2,1-2H3,(H,16,17). The van der Waals surface area contributed by atoms with Crippen LogP contribution in [0.5, 0.6) is 0 Å². The second-order valence-electron chi connectivity index (χ2n) is 4.42. The number of anilines is 1. The molecule has 0 aromatic heterocycles. The van der Waals surface area contributed by atoms with E-state index < -0.39 is 11.6 Å². The number of amidine groups is 1. The molecule has 0 amide bonds. The summed E-state index contributed by atoms with van der Waals surface area (Å²) in [5.74, 6) is -0.769. The molecule has 6 heteroatoms. The Morgan fingerprint density at radius 2 is 2.00 bits per heavy atom. The number of nitrogens with one attached hydrogen (secondary N) is 1. The predicted molar refractivity (Wildman–Crippen MR) is 76.2 cm³/mol. The second kappa shape index (κ2) is 5.57. The zero-order valence-corrected chi connectivity index (χ0v) is 12.4. The van der Waals surface area contributed by atoms with E-state index in [0.29, 0.717) is 27.4 Å². The summed E-state index contributed by atoms with van der Waals surface area (Å²) in [4.78, 5) is 4.26. The normalized spacial score (nSPS) is 19.2. The molecule has 1 aliphatic rings. The van der Waals surface area contributed by atoms with Crippen LogP contribution in [0.25, 0.3) is 0 Å². The van der Waals surface area contributed by atoms with E-state index in [-0.39, 0.29) is 5.69 Å². The van der Waals surface area contributed by atoms with Gasteiger partial charge < -0.3 is 5.32 Å². The number of halogens is 3. The molecule has 98 valence electrons. The molecular formula is C12H13BrF2N2S. The van der Waals surface area contributed by atoms with Crippen LogP contribution >= 0.6 is 27.7 Å². The Labute approximate surface area is 117 Å². The number of benzene rings is 1. The van der Waals surface area contributed by atoms with Crippen LogP contribution in [-0.4, -0.2) is 17.0 Å². The van der Waals surface area contributed by atoms with Gasteiger partial charge in [0.15, 0.2) is 16.8 Å². The predicted octanol–water partition coefficient (Wildman–Crippen LogP) is 4.27. The summed E-state index contributed by atoms with van der Waals surface area (Å²) < 4.78 is 27.6. The third-order valence-electron chi connectivity index (χ3n) is 2.66. The van der Waals surface area contributed by atoms with Gasteiger partial charge in [-0.05, 0) is 18.1 Å². The lowest BCUT2D eigenvalue weighted by molar-refractivity contribution is 0.590. The fourth-order valence-electron chi connectivity index (χ4n) is 1.58. The Kier molecular flexibility index (Phi) is 4.27. The molecule has 18 heavy (non-hydrogen) atoms. The summed E-state index contributed by atoms with van der Waals surface area (Å²) in [6.07, 6.45) is 0. The van der Waals surface area contributed by atoms with Gasteiger partial charge in [-0.3, -0.25) is 4.99 Å². The largest absolute Gasteiger partial charge is 0.330 e. The molecule has 1 N–H and O–H groups in total. The molecule has 0 saturated carbocycles. The number of rotatable bonds is 2. The smallest absolute Gasteiger partial charge is 0.161 e. The monoisotopic (exact) mass is 334 g/mol. The Morgan fingerprint density at radius 3 is 2.50 bits per heavy atom. The molecule has 0 aliphatic carbocycles. The third kappa shape index (κ3) is 3.03. The Morgan fingerprint density at radius 1 is 1.39 bits per heavy atom. The highest BCUT2D eigenvalue weighted by Gasteiger charge is 2.24. The number of aliphatic imine (C=N–C) groups is 1. The average Bonchev–Trinajstić information content (AvgIpc) is 2.71. The van der Waals surface area contributed by atoms with Crippen LogP contribution in [0.2, 0.25) is 0 Å². The van der Waals surface area contributed by atoms with Crippen LogP contribution in [-0.2, 0) is 0 Å². The third-order valence-corrected chi connectivity index (χ3v) is 4.57. The minimum atomic E-state index is -0.627. The lowest BCUT2D eigenvalue weighted by atomic mass is 10.1. The quantitative estimate of drug-likeness (QED) is 0.873. The first kappa shape index (κ1) is 13.8. The summed E-state index contributed by atoms with van der Waals surface area (Å²) in [5.41, 5.74) is -0.145. The van der Waals surface area contributed by atoms with Crippen molar-refractivity contribution >= 4 is 38.5 Å². The van der Waals surface area contributed by atoms with Crippen molar-refractivity contribution in [3.8, 4) is 0 Å². The molecule has 1 aliphatic heterocycles. The van der Waals surface area contributed by atoms with Crippen LogP contribution in [0.15, 0.2) is 21.6 Å².